The lowest BCUT2D eigenvalue weighted by atomic mass is 10.0. The molecule has 1 aliphatic rings. The number of piperidine rings is 1. The van der Waals surface area contributed by atoms with Gasteiger partial charge < -0.3 is 9.26 Å². The van der Waals surface area contributed by atoms with Gasteiger partial charge in [-0.1, -0.05) is 5.16 Å². The van der Waals surface area contributed by atoms with Crippen molar-refractivity contribution in [1.82, 2.24) is 9.46 Å². The van der Waals surface area contributed by atoms with Gasteiger partial charge in [0.15, 0.2) is 5.76 Å². The number of halogens is 1. The van der Waals surface area contributed by atoms with Crippen LogP contribution in [-0.2, 0) is 10.0 Å². The zero-order valence-electron chi connectivity index (χ0n) is 14.2. The van der Waals surface area contributed by atoms with Gasteiger partial charge in [0.25, 0.3) is 0 Å². The fourth-order valence-electron chi connectivity index (χ4n) is 3.10. The number of sulfonamides is 1. The lowest BCUT2D eigenvalue weighted by Gasteiger charge is -2.31. The Morgan fingerprint density at radius 3 is 2.68 bits per heavy atom. The standard InChI is InChI=1S/C17H21FN2O4S/c1-12-17(13(2)24-19-12)25(21,22)20-9-3-4-14(10-20)11-23-16-7-5-15(18)6-8-16/h5-8,14H,3-4,9-11H2,1-2H3. The van der Waals surface area contributed by atoms with Crippen molar-refractivity contribution in [3.05, 3.63) is 41.5 Å². The maximum Gasteiger partial charge on any atom is 0.248 e. The van der Waals surface area contributed by atoms with Gasteiger partial charge in [-0.25, -0.2) is 12.8 Å². The Hall–Kier alpha value is -1.93. The first-order valence-electron chi connectivity index (χ1n) is 8.19. The van der Waals surface area contributed by atoms with Gasteiger partial charge >= 0.3 is 0 Å². The van der Waals surface area contributed by atoms with Gasteiger partial charge in [0.2, 0.25) is 10.0 Å². The highest BCUT2D eigenvalue weighted by molar-refractivity contribution is 7.89. The van der Waals surface area contributed by atoms with E-state index in [-0.39, 0.29) is 16.6 Å². The van der Waals surface area contributed by atoms with Crippen molar-refractivity contribution in [3.63, 3.8) is 0 Å². The van der Waals surface area contributed by atoms with Gasteiger partial charge in [0, 0.05) is 19.0 Å². The zero-order valence-corrected chi connectivity index (χ0v) is 15.1. The molecule has 0 bridgehead atoms. The fraction of sp³-hybridized carbons (Fsp3) is 0.471. The third kappa shape index (κ3) is 3.85. The van der Waals surface area contributed by atoms with E-state index in [0.29, 0.717) is 36.9 Å². The van der Waals surface area contributed by atoms with Crippen LogP contribution in [0, 0.1) is 25.6 Å². The minimum absolute atomic E-state index is 0.0778. The molecular weight excluding hydrogens is 347 g/mol. The quantitative estimate of drug-likeness (QED) is 0.811. The van der Waals surface area contributed by atoms with Gasteiger partial charge in [0.05, 0.1) is 6.61 Å². The normalized spacial score (nSPS) is 19.1. The van der Waals surface area contributed by atoms with E-state index in [1.807, 2.05) is 0 Å². The van der Waals surface area contributed by atoms with Crippen LogP contribution in [0.1, 0.15) is 24.3 Å². The first-order valence-corrected chi connectivity index (χ1v) is 9.63. The summed E-state index contributed by atoms with van der Waals surface area (Å²) < 4.78 is 50.9. The van der Waals surface area contributed by atoms with Gasteiger partial charge in [-0.15, -0.1) is 0 Å². The van der Waals surface area contributed by atoms with E-state index in [0.717, 1.165) is 12.8 Å². The zero-order chi connectivity index (χ0) is 18.0. The van der Waals surface area contributed by atoms with Crippen molar-refractivity contribution < 1.29 is 22.1 Å². The predicted molar refractivity (Wildman–Crippen MR) is 89.4 cm³/mol. The highest BCUT2D eigenvalue weighted by Crippen LogP contribution is 2.28. The van der Waals surface area contributed by atoms with E-state index >= 15 is 0 Å². The molecule has 1 atom stereocenters. The van der Waals surface area contributed by atoms with E-state index in [2.05, 4.69) is 5.16 Å². The highest BCUT2D eigenvalue weighted by Gasteiger charge is 2.34. The molecule has 6 nitrogen and oxygen atoms in total. The molecule has 1 unspecified atom stereocenters. The number of aromatic nitrogens is 1. The summed E-state index contributed by atoms with van der Waals surface area (Å²) in [6.07, 6.45) is 1.65. The Balaban J connectivity index is 1.67. The average Bonchev–Trinajstić information content (AvgIpc) is 2.94. The number of rotatable bonds is 5. The van der Waals surface area contributed by atoms with E-state index in [1.54, 1.807) is 26.0 Å². The third-order valence-electron chi connectivity index (χ3n) is 4.35. The molecule has 3 rings (SSSR count). The lowest BCUT2D eigenvalue weighted by molar-refractivity contribution is 0.180. The molecule has 1 aromatic carbocycles. The Labute approximate surface area is 146 Å². The smallest absolute Gasteiger partial charge is 0.248 e. The minimum atomic E-state index is -3.63. The molecule has 1 saturated heterocycles. The van der Waals surface area contributed by atoms with E-state index in [4.69, 9.17) is 9.26 Å². The molecule has 0 saturated carbocycles. The molecule has 1 fully saturated rings. The van der Waals surface area contributed by atoms with Gasteiger partial charge in [-0.2, -0.15) is 4.31 Å². The minimum Gasteiger partial charge on any atom is -0.493 e. The molecule has 0 amide bonds. The first-order chi connectivity index (χ1) is 11.9. The molecule has 25 heavy (non-hydrogen) atoms. The summed E-state index contributed by atoms with van der Waals surface area (Å²) in [5.74, 6) is 0.644. The molecule has 2 aromatic rings. The molecule has 0 N–H and O–H groups in total. The Morgan fingerprint density at radius 1 is 1.32 bits per heavy atom. The number of aryl methyl sites for hydroxylation is 2. The summed E-state index contributed by atoms with van der Waals surface area (Å²) >= 11 is 0. The number of hydrogen-bond acceptors (Lipinski definition) is 5. The lowest BCUT2D eigenvalue weighted by Crippen LogP contribution is -2.41. The van der Waals surface area contributed by atoms with Gasteiger partial charge in [0.1, 0.15) is 22.2 Å². The molecule has 0 radical (unpaired) electrons. The second-order valence-electron chi connectivity index (χ2n) is 6.29. The molecule has 8 heteroatoms. The van der Waals surface area contributed by atoms with Crippen molar-refractivity contribution in [1.29, 1.82) is 0 Å². The summed E-state index contributed by atoms with van der Waals surface area (Å²) in [5, 5.41) is 3.74. The monoisotopic (exact) mass is 368 g/mol. The first kappa shape index (κ1) is 17.9. The molecule has 1 aromatic heterocycles. The topological polar surface area (TPSA) is 72.6 Å². The van der Waals surface area contributed by atoms with E-state index < -0.39 is 10.0 Å². The second kappa shape index (κ2) is 7.13. The van der Waals surface area contributed by atoms with Crippen LogP contribution >= 0.6 is 0 Å². The molecule has 0 spiro atoms. The number of nitrogens with zero attached hydrogens (tertiary/aromatic N) is 2. The Morgan fingerprint density at radius 2 is 2.04 bits per heavy atom. The third-order valence-corrected chi connectivity index (χ3v) is 6.46. The van der Waals surface area contributed by atoms with Crippen LogP contribution in [0.25, 0.3) is 0 Å². The SMILES string of the molecule is Cc1noc(C)c1S(=O)(=O)N1CCCC(COc2ccc(F)cc2)C1. The van der Waals surface area contributed by atoms with E-state index in [1.165, 1.54) is 16.4 Å². The van der Waals surface area contributed by atoms with E-state index in [9.17, 15) is 12.8 Å². The molecule has 136 valence electrons. The Kier molecular flexibility index (Phi) is 5.10. The number of hydrogen-bond donors (Lipinski definition) is 0. The summed E-state index contributed by atoms with van der Waals surface area (Å²) in [7, 11) is -3.63. The van der Waals surface area contributed by atoms with Crippen LogP contribution in [-0.4, -0.2) is 37.6 Å². The predicted octanol–water partition coefficient (Wildman–Crippen LogP) is 2.91. The Bertz CT molecular complexity index is 813. The van der Waals surface area contributed by atoms with Crippen LogP contribution in [0.4, 0.5) is 4.39 Å². The second-order valence-corrected chi connectivity index (χ2v) is 8.16. The molecule has 1 aliphatic heterocycles. The number of ether oxygens (including phenoxy) is 1. The maximum absolute atomic E-state index is 12.9. The molecular formula is C17H21FN2O4S. The molecule has 0 aliphatic carbocycles. The summed E-state index contributed by atoms with van der Waals surface area (Å²) in [6.45, 7) is 4.47. The number of benzene rings is 1. The van der Waals surface area contributed by atoms with Crippen LogP contribution < -0.4 is 4.74 Å². The van der Waals surface area contributed by atoms with Crippen molar-refractivity contribution in [3.8, 4) is 5.75 Å². The van der Waals surface area contributed by atoms with Crippen molar-refractivity contribution in [2.24, 2.45) is 5.92 Å². The highest BCUT2D eigenvalue weighted by atomic mass is 32.2. The summed E-state index contributed by atoms with van der Waals surface area (Å²) in [4.78, 5) is 0.160. The molecule has 2 heterocycles. The summed E-state index contributed by atoms with van der Waals surface area (Å²) in [5.41, 5.74) is 0.377. The van der Waals surface area contributed by atoms with Gasteiger partial charge in [-0.3, -0.25) is 0 Å². The van der Waals surface area contributed by atoms with Gasteiger partial charge in [-0.05, 0) is 51.0 Å². The fourth-order valence-corrected chi connectivity index (χ4v) is 4.94. The van der Waals surface area contributed by atoms with Crippen molar-refractivity contribution in [2.45, 2.75) is 31.6 Å². The maximum atomic E-state index is 12.9. The average molecular weight is 368 g/mol. The van der Waals surface area contributed by atoms with Crippen molar-refractivity contribution in [2.75, 3.05) is 19.7 Å². The van der Waals surface area contributed by atoms with Crippen LogP contribution in [0.2, 0.25) is 0 Å². The van der Waals surface area contributed by atoms with Crippen LogP contribution in [0.15, 0.2) is 33.7 Å². The largest absolute Gasteiger partial charge is 0.493 e. The van der Waals surface area contributed by atoms with Crippen LogP contribution in [0.5, 0.6) is 5.75 Å². The van der Waals surface area contributed by atoms with Crippen molar-refractivity contribution >= 4 is 10.0 Å². The summed E-state index contributed by atoms with van der Waals surface area (Å²) in [6, 6.07) is 5.81. The van der Waals surface area contributed by atoms with Crippen LogP contribution in [0.3, 0.4) is 0 Å².